The molecular weight excluding hydrogens is 330 g/mol. The van der Waals surface area contributed by atoms with E-state index in [1.54, 1.807) is 6.07 Å². The first-order valence-electron chi connectivity index (χ1n) is 4.05. The molecule has 0 aliphatic heterocycles. The van der Waals surface area contributed by atoms with Crippen molar-refractivity contribution in [3.63, 3.8) is 0 Å². The highest BCUT2D eigenvalue weighted by molar-refractivity contribution is 14.1. The second-order valence-corrected chi connectivity index (χ2v) is 3.72. The SMILES string of the molecule is CC(=O)O.CC(=O)O.Fc1cccc(I)c1. The van der Waals surface area contributed by atoms with Crippen LogP contribution in [0, 0.1) is 9.39 Å². The summed E-state index contributed by atoms with van der Waals surface area (Å²) < 4.78 is 13.1. The number of carboxylic acid groups (broad SMARTS) is 2. The Morgan fingerprint density at radius 1 is 1.19 bits per heavy atom. The predicted octanol–water partition coefficient (Wildman–Crippen LogP) is 2.61. The largest absolute Gasteiger partial charge is 0.481 e. The number of carboxylic acids is 2. The first-order valence-corrected chi connectivity index (χ1v) is 5.13. The molecule has 0 spiro atoms. The lowest BCUT2D eigenvalue weighted by atomic mass is 10.4. The molecular formula is C10H12FIO4. The second-order valence-electron chi connectivity index (χ2n) is 2.48. The van der Waals surface area contributed by atoms with E-state index >= 15 is 0 Å². The molecule has 0 aliphatic rings. The molecule has 1 aromatic carbocycles. The van der Waals surface area contributed by atoms with Crippen LogP contribution in [0.15, 0.2) is 24.3 Å². The maximum Gasteiger partial charge on any atom is 0.300 e. The van der Waals surface area contributed by atoms with Crippen molar-refractivity contribution in [1.29, 1.82) is 0 Å². The quantitative estimate of drug-likeness (QED) is 0.711. The lowest BCUT2D eigenvalue weighted by Gasteiger charge is -1.85. The minimum Gasteiger partial charge on any atom is -0.481 e. The van der Waals surface area contributed by atoms with Gasteiger partial charge >= 0.3 is 0 Å². The Labute approximate surface area is 106 Å². The average molecular weight is 342 g/mol. The molecule has 1 rings (SSSR count). The van der Waals surface area contributed by atoms with E-state index in [2.05, 4.69) is 22.6 Å². The fourth-order valence-corrected chi connectivity index (χ4v) is 0.965. The van der Waals surface area contributed by atoms with Crippen molar-refractivity contribution in [1.82, 2.24) is 0 Å². The molecule has 0 amide bonds. The van der Waals surface area contributed by atoms with Crippen LogP contribution in [0.5, 0.6) is 0 Å². The molecule has 0 heterocycles. The Bertz CT molecular complexity index is 304. The lowest BCUT2D eigenvalue weighted by Crippen LogP contribution is -1.78. The minimum absolute atomic E-state index is 0.170. The van der Waals surface area contributed by atoms with Crippen molar-refractivity contribution in [2.45, 2.75) is 13.8 Å². The molecule has 90 valence electrons. The molecule has 0 bridgehead atoms. The van der Waals surface area contributed by atoms with Crippen molar-refractivity contribution < 1.29 is 24.2 Å². The first-order chi connectivity index (χ1) is 7.25. The lowest BCUT2D eigenvalue weighted by molar-refractivity contribution is -0.135. The van der Waals surface area contributed by atoms with Gasteiger partial charge in [0.25, 0.3) is 11.9 Å². The summed E-state index contributed by atoms with van der Waals surface area (Å²) in [4.78, 5) is 18.0. The maximum absolute atomic E-state index is 12.2. The maximum atomic E-state index is 12.2. The van der Waals surface area contributed by atoms with Gasteiger partial charge in [-0.1, -0.05) is 6.07 Å². The molecule has 0 unspecified atom stereocenters. The van der Waals surface area contributed by atoms with Crippen LogP contribution in [-0.4, -0.2) is 22.2 Å². The Hall–Kier alpha value is -1.18. The number of carbonyl (C=O) groups is 2. The zero-order chi connectivity index (χ0) is 13.1. The number of hydrogen-bond acceptors (Lipinski definition) is 2. The standard InChI is InChI=1S/C6H4FI.2C2H4O2/c7-5-2-1-3-6(8)4-5;2*1-2(3)4/h1-4H;2*1H3,(H,3,4). The van der Waals surface area contributed by atoms with E-state index in [-0.39, 0.29) is 5.82 Å². The van der Waals surface area contributed by atoms with Gasteiger partial charge < -0.3 is 10.2 Å². The van der Waals surface area contributed by atoms with Gasteiger partial charge in [-0.25, -0.2) is 4.39 Å². The zero-order valence-corrected chi connectivity index (χ0v) is 10.9. The molecule has 0 fully saturated rings. The van der Waals surface area contributed by atoms with Crippen molar-refractivity contribution in [3.8, 4) is 0 Å². The van der Waals surface area contributed by atoms with Gasteiger partial charge in [0.2, 0.25) is 0 Å². The number of aliphatic carboxylic acids is 2. The minimum atomic E-state index is -0.833. The van der Waals surface area contributed by atoms with Gasteiger partial charge in [0, 0.05) is 17.4 Å². The van der Waals surface area contributed by atoms with E-state index in [1.165, 1.54) is 12.1 Å². The third kappa shape index (κ3) is 23.0. The molecule has 0 aliphatic carbocycles. The van der Waals surface area contributed by atoms with Gasteiger partial charge in [0.05, 0.1) is 0 Å². The van der Waals surface area contributed by atoms with Gasteiger partial charge in [0.1, 0.15) is 5.82 Å². The Morgan fingerprint density at radius 2 is 1.56 bits per heavy atom. The average Bonchev–Trinajstić information content (AvgIpc) is 2.00. The second kappa shape index (κ2) is 10.3. The summed E-state index contributed by atoms with van der Waals surface area (Å²) >= 11 is 2.07. The number of rotatable bonds is 0. The molecule has 4 nitrogen and oxygen atoms in total. The number of benzene rings is 1. The summed E-state index contributed by atoms with van der Waals surface area (Å²) in [5, 5.41) is 14.8. The van der Waals surface area contributed by atoms with Crippen LogP contribution < -0.4 is 0 Å². The third-order valence-electron chi connectivity index (χ3n) is 0.787. The Kier molecular flexibility index (Phi) is 11.1. The van der Waals surface area contributed by atoms with Crippen molar-refractivity contribution in [2.75, 3.05) is 0 Å². The van der Waals surface area contributed by atoms with E-state index in [0.29, 0.717) is 0 Å². The van der Waals surface area contributed by atoms with Crippen LogP contribution in [0.3, 0.4) is 0 Å². The number of hydrogen-bond donors (Lipinski definition) is 2. The summed E-state index contributed by atoms with van der Waals surface area (Å²) in [7, 11) is 0. The van der Waals surface area contributed by atoms with Gasteiger partial charge in [0.15, 0.2) is 0 Å². The van der Waals surface area contributed by atoms with E-state index in [4.69, 9.17) is 19.8 Å². The van der Waals surface area contributed by atoms with Crippen LogP contribution in [0.4, 0.5) is 4.39 Å². The summed E-state index contributed by atoms with van der Waals surface area (Å²) in [6.45, 7) is 2.17. The third-order valence-corrected chi connectivity index (χ3v) is 1.46. The summed E-state index contributed by atoms with van der Waals surface area (Å²) in [5.74, 6) is -1.84. The Balaban J connectivity index is 0. The fraction of sp³-hybridized carbons (Fsp3) is 0.200. The van der Waals surface area contributed by atoms with E-state index in [1.807, 2.05) is 6.07 Å². The van der Waals surface area contributed by atoms with Crippen LogP contribution in [-0.2, 0) is 9.59 Å². The predicted molar refractivity (Wildman–Crippen MR) is 65.7 cm³/mol. The van der Waals surface area contributed by atoms with Crippen molar-refractivity contribution >= 4 is 34.5 Å². The molecule has 6 heteroatoms. The summed E-state index contributed by atoms with van der Waals surface area (Å²) in [5.41, 5.74) is 0. The molecule has 0 radical (unpaired) electrons. The van der Waals surface area contributed by atoms with Crippen molar-refractivity contribution in [3.05, 3.63) is 33.7 Å². The monoisotopic (exact) mass is 342 g/mol. The van der Waals surface area contributed by atoms with E-state index in [0.717, 1.165) is 17.4 Å². The fourth-order valence-electron chi connectivity index (χ4n) is 0.460. The van der Waals surface area contributed by atoms with Crippen molar-refractivity contribution in [2.24, 2.45) is 0 Å². The van der Waals surface area contributed by atoms with Crippen LogP contribution >= 0.6 is 22.6 Å². The topological polar surface area (TPSA) is 74.6 Å². The molecule has 1 aromatic rings. The van der Waals surface area contributed by atoms with Crippen LogP contribution in [0.1, 0.15) is 13.8 Å². The molecule has 0 saturated carbocycles. The highest BCUT2D eigenvalue weighted by atomic mass is 127. The van der Waals surface area contributed by atoms with E-state index < -0.39 is 11.9 Å². The normalized spacial score (nSPS) is 7.75. The number of halogens is 2. The van der Waals surface area contributed by atoms with Crippen LogP contribution in [0.2, 0.25) is 0 Å². The summed E-state index contributed by atoms with van der Waals surface area (Å²) in [6, 6.07) is 6.46. The van der Waals surface area contributed by atoms with E-state index in [9.17, 15) is 4.39 Å². The Morgan fingerprint density at radius 3 is 1.75 bits per heavy atom. The van der Waals surface area contributed by atoms with Gasteiger partial charge in [-0.3, -0.25) is 9.59 Å². The zero-order valence-electron chi connectivity index (χ0n) is 8.78. The first kappa shape index (κ1) is 17.2. The molecule has 0 saturated heterocycles. The smallest absolute Gasteiger partial charge is 0.300 e. The van der Waals surface area contributed by atoms with Gasteiger partial charge in [-0.2, -0.15) is 0 Å². The van der Waals surface area contributed by atoms with Crippen LogP contribution in [0.25, 0.3) is 0 Å². The molecule has 0 aromatic heterocycles. The highest BCUT2D eigenvalue weighted by Gasteiger charge is 1.86. The molecule has 2 N–H and O–H groups in total. The molecule has 16 heavy (non-hydrogen) atoms. The molecule has 0 atom stereocenters. The summed E-state index contributed by atoms with van der Waals surface area (Å²) in [6.07, 6.45) is 0. The highest BCUT2D eigenvalue weighted by Crippen LogP contribution is 2.04. The van der Waals surface area contributed by atoms with Gasteiger partial charge in [-0.15, -0.1) is 0 Å². The van der Waals surface area contributed by atoms with Gasteiger partial charge in [-0.05, 0) is 40.8 Å².